The lowest BCUT2D eigenvalue weighted by atomic mass is 10.0. The topological polar surface area (TPSA) is 77.6 Å². The van der Waals surface area contributed by atoms with Crippen LogP contribution in [0.4, 0.5) is 5.69 Å². The molecule has 0 unspecified atom stereocenters. The van der Waals surface area contributed by atoms with Crippen molar-refractivity contribution in [2.75, 3.05) is 5.32 Å². The third kappa shape index (κ3) is 4.44. The third-order valence-corrected chi connectivity index (χ3v) is 7.60. The number of nitrogens with zero attached hydrogens (tertiary/aromatic N) is 5. The van der Waals surface area contributed by atoms with Crippen LogP contribution in [0.25, 0.3) is 22.2 Å². The summed E-state index contributed by atoms with van der Waals surface area (Å²) in [5.74, 6) is -0.179. The Morgan fingerprint density at radius 3 is 2.53 bits per heavy atom. The second-order valence-corrected chi connectivity index (χ2v) is 9.62. The number of hydrogen-bond donors (Lipinski definition) is 1. The Balaban J connectivity index is 1.47. The Bertz CT molecular complexity index is 1600. The summed E-state index contributed by atoms with van der Waals surface area (Å²) in [5, 5.41) is 13.0. The Hall–Kier alpha value is -3.78. The molecule has 36 heavy (non-hydrogen) atoms. The number of amides is 1. The van der Waals surface area contributed by atoms with Crippen LogP contribution >= 0.6 is 15.9 Å². The molecule has 1 amide bonds. The Labute approximate surface area is 218 Å². The van der Waals surface area contributed by atoms with Gasteiger partial charge >= 0.3 is 0 Å². The van der Waals surface area contributed by atoms with Crippen molar-refractivity contribution < 1.29 is 4.79 Å². The molecule has 7 nitrogen and oxygen atoms in total. The van der Waals surface area contributed by atoms with Crippen molar-refractivity contribution in [2.45, 2.75) is 40.8 Å². The van der Waals surface area contributed by atoms with Crippen molar-refractivity contribution in [3.8, 4) is 11.3 Å². The molecule has 182 valence electrons. The highest BCUT2D eigenvalue weighted by atomic mass is 79.9. The average molecular weight is 543 g/mol. The van der Waals surface area contributed by atoms with Crippen LogP contribution in [0.15, 0.2) is 65.3 Å². The molecule has 0 aliphatic carbocycles. The lowest BCUT2D eigenvalue weighted by Gasteiger charge is -2.12. The lowest BCUT2D eigenvalue weighted by molar-refractivity contribution is 0.102. The first-order valence-electron chi connectivity index (χ1n) is 11.9. The molecule has 0 bridgehead atoms. The zero-order chi connectivity index (χ0) is 25.4. The maximum absolute atomic E-state index is 13.5. The van der Waals surface area contributed by atoms with Gasteiger partial charge in [0, 0.05) is 28.9 Å². The average Bonchev–Trinajstić information content (AvgIpc) is 3.37. The summed E-state index contributed by atoms with van der Waals surface area (Å²) in [6.07, 6.45) is 1.82. The standard InChI is InChI=1S/C28H27BrN6O/c1-5-34-18(3)24(15-30-34)26-14-23(22-11-6-7-12-25(22)32-26)28(36)31-21-10-8-9-20(13-21)16-35-19(4)27(29)17(2)33-35/h6-15H,5,16H2,1-4H3,(H,31,36). The van der Waals surface area contributed by atoms with Gasteiger partial charge < -0.3 is 5.32 Å². The molecule has 0 saturated heterocycles. The summed E-state index contributed by atoms with van der Waals surface area (Å²) >= 11 is 3.59. The second kappa shape index (κ2) is 9.70. The van der Waals surface area contributed by atoms with Gasteiger partial charge in [-0.25, -0.2) is 4.98 Å². The van der Waals surface area contributed by atoms with Gasteiger partial charge in [0.1, 0.15) is 0 Å². The molecule has 0 aliphatic rings. The Morgan fingerprint density at radius 1 is 1.00 bits per heavy atom. The zero-order valence-corrected chi connectivity index (χ0v) is 22.3. The fourth-order valence-electron chi connectivity index (χ4n) is 4.47. The molecular weight excluding hydrogens is 516 g/mol. The lowest BCUT2D eigenvalue weighted by Crippen LogP contribution is -2.13. The second-order valence-electron chi connectivity index (χ2n) is 8.83. The van der Waals surface area contributed by atoms with E-state index in [1.165, 1.54) is 0 Å². The van der Waals surface area contributed by atoms with E-state index in [1.807, 2.05) is 90.9 Å². The van der Waals surface area contributed by atoms with Crippen molar-refractivity contribution in [3.63, 3.8) is 0 Å². The van der Waals surface area contributed by atoms with Crippen LogP contribution in [0.1, 0.15) is 39.9 Å². The fraction of sp³-hybridized carbons (Fsp3) is 0.214. The molecular formula is C28H27BrN6O. The minimum Gasteiger partial charge on any atom is -0.322 e. The smallest absolute Gasteiger partial charge is 0.256 e. The van der Waals surface area contributed by atoms with Crippen molar-refractivity contribution in [1.29, 1.82) is 0 Å². The quantitative estimate of drug-likeness (QED) is 0.273. The molecule has 0 fully saturated rings. The van der Waals surface area contributed by atoms with E-state index >= 15 is 0 Å². The summed E-state index contributed by atoms with van der Waals surface area (Å²) < 4.78 is 4.91. The molecule has 0 saturated carbocycles. The molecule has 8 heteroatoms. The molecule has 3 heterocycles. The molecule has 0 spiro atoms. The van der Waals surface area contributed by atoms with Gasteiger partial charge in [0.25, 0.3) is 5.91 Å². The van der Waals surface area contributed by atoms with Gasteiger partial charge in [-0.2, -0.15) is 10.2 Å². The SMILES string of the molecule is CCn1ncc(-c2cc(C(=O)Nc3cccc(Cn4nc(C)c(Br)c4C)c3)c3ccccc3n2)c1C. The van der Waals surface area contributed by atoms with Crippen LogP contribution in [0.5, 0.6) is 0 Å². The van der Waals surface area contributed by atoms with E-state index in [-0.39, 0.29) is 5.91 Å². The van der Waals surface area contributed by atoms with Crippen LogP contribution in [0, 0.1) is 20.8 Å². The molecule has 0 radical (unpaired) electrons. The number of rotatable bonds is 6. The molecule has 0 atom stereocenters. The highest BCUT2D eigenvalue weighted by Crippen LogP contribution is 2.28. The monoisotopic (exact) mass is 542 g/mol. The predicted molar refractivity (Wildman–Crippen MR) is 146 cm³/mol. The number of halogens is 1. The highest BCUT2D eigenvalue weighted by molar-refractivity contribution is 9.10. The van der Waals surface area contributed by atoms with Crippen molar-refractivity contribution in [2.24, 2.45) is 0 Å². The van der Waals surface area contributed by atoms with E-state index in [4.69, 9.17) is 4.98 Å². The first-order chi connectivity index (χ1) is 17.4. The zero-order valence-electron chi connectivity index (χ0n) is 20.7. The number of aryl methyl sites for hydroxylation is 2. The van der Waals surface area contributed by atoms with E-state index in [2.05, 4.69) is 38.4 Å². The van der Waals surface area contributed by atoms with Gasteiger partial charge in [-0.3, -0.25) is 14.2 Å². The first-order valence-corrected chi connectivity index (χ1v) is 12.7. The molecule has 3 aromatic heterocycles. The van der Waals surface area contributed by atoms with Gasteiger partial charge in [-0.15, -0.1) is 0 Å². The number of para-hydroxylation sites is 1. The molecule has 5 rings (SSSR count). The summed E-state index contributed by atoms with van der Waals surface area (Å²) in [6, 6.07) is 17.5. The highest BCUT2D eigenvalue weighted by Gasteiger charge is 2.17. The molecule has 0 aliphatic heterocycles. The predicted octanol–water partition coefficient (Wildman–Crippen LogP) is 6.30. The van der Waals surface area contributed by atoms with E-state index < -0.39 is 0 Å². The van der Waals surface area contributed by atoms with E-state index in [0.29, 0.717) is 12.1 Å². The van der Waals surface area contributed by atoms with Crippen molar-refractivity contribution >= 4 is 38.4 Å². The maximum atomic E-state index is 13.5. The van der Waals surface area contributed by atoms with Gasteiger partial charge in [-0.1, -0.05) is 30.3 Å². The molecule has 2 aromatic carbocycles. The summed E-state index contributed by atoms with van der Waals surface area (Å²) in [7, 11) is 0. The van der Waals surface area contributed by atoms with Crippen LogP contribution in [-0.4, -0.2) is 30.5 Å². The number of carbonyl (C=O) groups excluding carboxylic acids is 1. The number of benzene rings is 2. The maximum Gasteiger partial charge on any atom is 0.256 e. The number of pyridine rings is 1. The fourth-order valence-corrected chi connectivity index (χ4v) is 4.75. The van der Waals surface area contributed by atoms with Crippen LogP contribution in [0.3, 0.4) is 0 Å². The summed E-state index contributed by atoms with van der Waals surface area (Å²) in [6.45, 7) is 9.48. The summed E-state index contributed by atoms with van der Waals surface area (Å²) in [4.78, 5) is 18.4. The Morgan fingerprint density at radius 2 is 1.81 bits per heavy atom. The van der Waals surface area contributed by atoms with Gasteiger partial charge in [-0.05, 0) is 73.5 Å². The number of hydrogen-bond acceptors (Lipinski definition) is 4. The van der Waals surface area contributed by atoms with Gasteiger partial charge in [0.2, 0.25) is 0 Å². The number of carbonyl (C=O) groups is 1. The molecule has 5 aromatic rings. The van der Waals surface area contributed by atoms with Crippen LogP contribution in [0.2, 0.25) is 0 Å². The minimum absolute atomic E-state index is 0.179. The molecule has 1 N–H and O–H groups in total. The largest absolute Gasteiger partial charge is 0.322 e. The van der Waals surface area contributed by atoms with Crippen LogP contribution in [-0.2, 0) is 13.1 Å². The third-order valence-electron chi connectivity index (χ3n) is 6.45. The normalized spacial score (nSPS) is 11.2. The van der Waals surface area contributed by atoms with Gasteiger partial charge in [0.15, 0.2) is 0 Å². The first kappa shape index (κ1) is 23.9. The summed E-state index contributed by atoms with van der Waals surface area (Å²) in [5.41, 5.74) is 7.84. The van der Waals surface area contributed by atoms with E-state index in [0.717, 1.165) is 61.5 Å². The number of anilines is 1. The Kier molecular flexibility index (Phi) is 6.45. The number of fused-ring (bicyclic) bond motifs is 1. The minimum atomic E-state index is -0.179. The van der Waals surface area contributed by atoms with E-state index in [9.17, 15) is 4.79 Å². The van der Waals surface area contributed by atoms with Crippen molar-refractivity contribution in [1.82, 2.24) is 24.5 Å². The number of aromatic nitrogens is 5. The van der Waals surface area contributed by atoms with Gasteiger partial charge in [0.05, 0.1) is 45.4 Å². The van der Waals surface area contributed by atoms with E-state index in [1.54, 1.807) is 0 Å². The van der Waals surface area contributed by atoms with Crippen LogP contribution < -0.4 is 5.32 Å². The van der Waals surface area contributed by atoms with Crippen molar-refractivity contribution in [3.05, 3.63) is 93.5 Å². The number of nitrogens with one attached hydrogen (secondary N) is 1.